The first-order valence-electron chi connectivity index (χ1n) is 8.41. The van der Waals surface area contributed by atoms with Crippen LogP contribution in [0.3, 0.4) is 0 Å². The van der Waals surface area contributed by atoms with Crippen LogP contribution in [0.25, 0.3) is 0 Å². The topological polar surface area (TPSA) is 78.9 Å². The van der Waals surface area contributed by atoms with Gasteiger partial charge in [-0.05, 0) is 51.3 Å². The molecule has 1 atom stereocenters. The van der Waals surface area contributed by atoms with Crippen LogP contribution in [-0.2, 0) is 4.79 Å². The number of benzene rings is 1. The number of hydrogen-bond donors (Lipinski definition) is 2. The minimum atomic E-state index is -0.773. The molecule has 2 N–H and O–H groups in total. The van der Waals surface area contributed by atoms with E-state index in [4.69, 9.17) is 9.84 Å². The molecule has 1 heterocycles. The summed E-state index contributed by atoms with van der Waals surface area (Å²) in [5, 5.41) is 12.0. The van der Waals surface area contributed by atoms with Crippen molar-refractivity contribution in [1.29, 1.82) is 0 Å². The number of nitrogens with one attached hydrogen (secondary N) is 1. The van der Waals surface area contributed by atoms with Crippen LogP contribution in [0, 0.1) is 5.92 Å². The number of nitrogens with zero attached hydrogens (tertiary/aromatic N) is 1. The van der Waals surface area contributed by atoms with Crippen molar-refractivity contribution in [2.75, 3.05) is 13.1 Å². The zero-order valence-electron chi connectivity index (χ0n) is 14.5. The quantitative estimate of drug-likeness (QED) is 0.867. The highest BCUT2D eigenvalue weighted by atomic mass is 16.5. The number of amides is 2. The third kappa shape index (κ3) is 4.88. The van der Waals surface area contributed by atoms with Crippen molar-refractivity contribution in [2.45, 2.75) is 45.8 Å². The Kier molecular flexibility index (Phi) is 6.06. The Hall–Kier alpha value is -2.24. The summed E-state index contributed by atoms with van der Waals surface area (Å²) in [4.78, 5) is 25.0. The second kappa shape index (κ2) is 8.04. The number of hydrogen-bond acceptors (Lipinski definition) is 3. The summed E-state index contributed by atoms with van der Waals surface area (Å²) >= 11 is 0. The summed E-state index contributed by atoms with van der Waals surface area (Å²) in [6.45, 7) is 6.83. The van der Waals surface area contributed by atoms with E-state index < -0.39 is 5.97 Å². The summed E-state index contributed by atoms with van der Waals surface area (Å²) < 4.78 is 5.68. The SMILES string of the molecule is CC(C)Oc1cccc(C(C)NC(=O)N2CCC(C(=O)O)CC2)c1. The standard InChI is InChI=1S/C18H26N2O4/c1-12(2)24-16-6-4-5-15(11-16)13(3)19-18(23)20-9-7-14(8-10-20)17(21)22/h4-6,11-14H,7-10H2,1-3H3,(H,19,23)(H,21,22). The largest absolute Gasteiger partial charge is 0.491 e. The predicted molar refractivity (Wildman–Crippen MR) is 91.1 cm³/mol. The zero-order chi connectivity index (χ0) is 17.7. The molecular formula is C18H26N2O4. The monoisotopic (exact) mass is 334 g/mol. The average Bonchev–Trinajstić information content (AvgIpc) is 2.54. The van der Waals surface area contributed by atoms with Crippen LogP contribution in [0.5, 0.6) is 5.75 Å². The molecule has 0 aliphatic carbocycles. The normalized spacial score (nSPS) is 16.8. The van der Waals surface area contributed by atoms with Gasteiger partial charge < -0.3 is 20.1 Å². The molecule has 6 nitrogen and oxygen atoms in total. The van der Waals surface area contributed by atoms with E-state index in [-0.39, 0.29) is 24.1 Å². The molecule has 1 aromatic rings. The van der Waals surface area contributed by atoms with Crippen molar-refractivity contribution in [3.8, 4) is 5.75 Å². The lowest BCUT2D eigenvalue weighted by Gasteiger charge is -2.31. The summed E-state index contributed by atoms with van der Waals surface area (Å²) in [5.74, 6) is -0.326. The second-order valence-corrected chi connectivity index (χ2v) is 6.51. The van der Waals surface area contributed by atoms with Gasteiger partial charge in [0, 0.05) is 13.1 Å². The molecule has 0 saturated carbocycles. The maximum atomic E-state index is 12.4. The van der Waals surface area contributed by atoms with E-state index >= 15 is 0 Å². The molecule has 0 radical (unpaired) electrons. The van der Waals surface area contributed by atoms with Gasteiger partial charge >= 0.3 is 12.0 Å². The first kappa shape index (κ1) is 18.1. The van der Waals surface area contributed by atoms with Crippen LogP contribution >= 0.6 is 0 Å². The third-order valence-electron chi connectivity index (χ3n) is 4.20. The van der Waals surface area contributed by atoms with E-state index in [1.54, 1.807) is 4.90 Å². The van der Waals surface area contributed by atoms with Gasteiger partial charge in [0.2, 0.25) is 0 Å². The van der Waals surface area contributed by atoms with E-state index in [0.29, 0.717) is 25.9 Å². The van der Waals surface area contributed by atoms with Gasteiger partial charge in [-0.15, -0.1) is 0 Å². The van der Waals surface area contributed by atoms with E-state index in [9.17, 15) is 9.59 Å². The number of carbonyl (C=O) groups excluding carboxylic acids is 1. The highest BCUT2D eigenvalue weighted by Crippen LogP contribution is 2.21. The smallest absolute Gasteiger partial charge is 0.317 e. The molecule has 6 heteroatoms. The Morgan fingerprint density at radius 1 is 1.25 bits per heavy atom. The molecule has 132 valence electrons. The molecular weight excluding hydrogens is 308 g/mol. The van der Waals surface area contributed by atoms with Crippen molar-refractivity contribution < 1.29 is 19.4 Å². The first-order valence-corrected chi connectivity index (χ1v) is 8.41. The number of ether oxygens (including phenoxy) is 1. The fraction of sp³-hybridized carbons (Fsp3) is 0.556. The van der Waals surface area contributed by atoms with Crippen LogP contribution in [0.15, 0.2) is 24.3 Å². The van der Waals surface area contributed by atoms with Gasteiger partial charge in [-0.25, -0.2) is 4.79 Å². The van der Waals surface area contributed by atoms with E-state index in [2.05, 4.69) is 5.32 Å². The van der Waals surface area contributed by atoms with Crippen molar-refractivity contribution in [1.82, 2.24) is 10.2 Å². The molecule has 1 aliphatic heterocycles. The fourth-order valence-corrected chi connectivity index (χ4v) is 2.82. The van der Waals surface area contributed by atoms with Crippen LogP contribution in [0.4, 0.5) is 4.79 Å². The number of piperidine rings is 1. The number of likely N-dealkylation sites (tertiary alicyclic amines) is 1. The number of aliphatic carboxylic acids is 1. The highest BCUT2D eigenvalue weighted by molar-refractivity contribution is 5.75. The first-order chi connectivity index (χ1) is 11.4. The van der Waals surface area contributed by atoms with Gasteiger partial charge in [-0.1, -0.05) is 12.1 Å². The lowest BCUT2D eigenvalue weighted by molar-refractivity contribution is -0.143. The van der Waals surface area contributed by atoms with Crippen LogP contribution in [-0.4, -0.2) is 41.2 Å². The molecule has 0 bridgehead atoms. The zero-order valence-corrected chi connectivity index (χ0v) is 14.5. The summed E-state index contributed by atoms with van der Waals surface area (Å²) in [7, 11) is 0. The molecule has 2 rings (SSSR count). The van der Waals surface area contributed by atoms with E-state index in [1.165, 1.54) is 0 Å². The molecule has 1 aromatic carbocycles. The molecule has 1 aliphatic rings. The van der Waals surface area contributed by atoms with Gasteiger partial charge in [0.05, 0.1) is 18.1 Å². The lowest BCUT2D eigenvalue weighted by Crippen LogP contribution is -2.46. The maximum Gasteiger partial charge on any atom is 0.317 e. The second-order valence-electron chi connectivity index (χ2n) is 6.51. The fourth-order valence-electron chi connectivity index (χ4n) is 2.82. The van der Waals surface area contributed by atoms with Crippen molar-refractivity contribution in [3.63, 3.8) is 0 Å². The van der Waals surface area contributed by atoms with Gasteiger partial charge in [0.25, 0.3) is 0 Å². The minimum Gasteiger partial charge on any atom is -0.491 e. The Morgan fingerprint density at radius 3 is 2.50 bits per heavy atom. The Bertz CT molecular complexity index is 580. The number of carbonyl (C=O) groups is 2. The lowest BCUT2D eigenvalue weighted by atomic mass is 9.97. The summed E-state index contributed by atoms with van der Waals surface area (Å²) in [6, 6.07) is 7.39. The molecule has 0 spiro atoms. The van der Waals surface area contributed by atoms with Crippen LogP contribution in [0.2, 0.25) is 0 Å². The summed E-state index contributed by atoms with van der Waals surface area (Å²) in [6.07, 6.45) is 1.12. The third-order valence-corrected chi connectivity index (χ3v) is 4.20. The number of rotatable bonds is 5. The predicted octanol–water partition coefficient (Wildman–Crippen LogP) is 3.04. The number of carboxylic acids is 1. The van der Waals surface area contributed by atoms with Gasteiger partial charge in [-0.3, -0.25) is 4.79 Å². The molecule has 1 fully saturated rings. The molecule has 2 amide bonds. The van der Waals surface area contributed by atoms with Gasteiger partial charge in [0.1, 0.15) is 5.75 Å². The van der Waals surface area contributed by atoms with E-state index in [1.807, 2.05) is 45.0 Å². The Labute approximate surface area is 142 Å². The summed E-state index contributed by atoms with van der Waals surface area (Å²) in [5.41, 5.74) is 0.974. The van der Waals surface area contributed by atoms with Crippen LogP contribution < -0.4 is 10.1 Å². The number of carboxylic acid groups (broad SMARTS) is 1. The van der Waals surface area contributed by atoms with Crippen molar-refractivity contribution >= 4 is 12.0 Å². The van der Waals surface area contributed by atoms with E-state index in [0.717, 1.165) is 11.3 Å². The van der Waals surface area contributed by atoms with Gasteiger partial charge in [-0.2, -0.15) is 0 Å². The molecule has 1 saturated heterocycles. The minimum absolute atomic E-state index is 0.0979. The van der Waals surface area contributed by atoms with Crippen LogP contribution in [0.1, 0.15) is 45.2 Å². The average molecular weight is 334 g/mol. The molecule has 0 aromatic heterocycles. The van der Waals surface area contributed by atoms with Gasteiger partial charge in [0.15, 0.2) is 0 Å². The maximum absolute atomic E-state index is 12.4. The molecule has 24 heavy (non-hydrogen) atoms. The highest BCUT2D eigenvalue weighted by Gasteiger charge is 2.27. The van der Waals surface area contributed by atoms with Crippen molar-refractivity contribution in [3.05, 3.63) is 29.8 Å². The van der Waals surface area contributed by atoms with Crippen molar-refractivity contribution in [2.24, 2.45) is 5.92 Å². The Morgan fingerprint density at radius 2 is 1.92 bits per heavy atom. The Balaban J connectivity index is 1.91. The molecule has 1 unspecified atom stereocenters. The number of urea groups is 1.